The molecule has 0 saturated heterocycles. The highest BCUT2D eigenvalue weighted by Gasteiger charge is 2.23. The largest absolute Gasteiger partial charge is 0.486 e. The highest BCUT2D eigenvalue weighted by molar-refractivity contribution is 7.15. The first-order valence-corrected chi connectivity index (χ1v) is 8.37. The number of rotatable bonds is 6. The monoisotopic (exact) mass is 355 g/mol. The third kappa shape index (κ3) is 4.73. The van der Waals surface area contributed by atoms with E-state index in [1.807, 2.05) is 30.5 Å². The van der Waals surface area contributed by atoms with E-state index >= 15 is 0 Å². The van der Waals surface area contributed by atoms with Crippen molar-refractivity contribution in [2.24, 2.45) is 0 Å². The van der Waals surface area contributed by atoms with E-state index in [-0.39, 0.29) is 18.5 Å². The summed E-state index contributed by atoms with van der Waals surface area (Å²) in [5, 5.41) is 0.623. The SMILES string of the molecule is CCCN(Cc1cnc(N)s1)CC1COc2ccccc2O1.Cl. The summed E-state index contributed by atoms with van der Waals surface area (Å²) in [5.74, 6) is 1.66. The van der Waals surface area contributed by atoms with E-state index in [4.69, 9.17) is 15.2 Å². The first kappa shape index (κ1) is 17.8. The number of hydrogen-bond acceptors (Lipinski definition) is 6. The Kier molecular flexibility index (Phi) is 6.50. The molecule has 0 bridgehead atoms. The summed E-state index contributed by atoms with van der Waals surface area (Å²) in [4.78, 5) is 7.67. The van der Waals surface area contributed by atoms with E-state index in [0.717, 1.165) is 37.6 Å². The molecular weight excluding hydrogens is 334 g/mol. The van der Waals surface area contributed by atoms with Gasteiger partial charge in [-0.1, -0.05) is 19.1 Å². The van der Waals surface area contributed by atoms with Gasteiger partial charge in [-0.3, -0.25) is 4.90 Å². The number of nitrogen functional groups attached to an aromatic ring is 1. The van der Waals surface area contributed by atoms with Crippen LogP contribution in [0.2, 0.25) is 0 Å². The molecule has 1 aliphatic heterocycles. The molecule has 1 aliphatic rings. The third-order valence-corrected chi connectivity index (χ3v) is 4.33. The lowest BCUT2D eigenvalue weighted by atomic mass is 10.2. The van der Waals surface area contributed by atoms with Crippen LogP contribution in [0.4, 0.5) is 5.13 Å². The van der Waals surface area contributed by atoms with Gasteiger partial charge in [-0.15, -0.1) is 23.7 Å². The van der Waals surface area contributed by atoms with Gasteiger partial charge in [0.1, 0.15) is 12.7 Å². The summed E-state index contributed by atoms with van der Waals surface area (Å²) >= 11 is 1.55. The highest BCUT2D eigenvalue weighted by atomic mass is 35.5. The summed E-state index contributed by atoms with van der Waals surface area (Å²) < 4.78 is 11.8. The molecule has 1 unspecified atom stereocenters. The van der Waals surface area contributed by atoms with Crippen LogP contribution in [-0.4, -0.2) is 35.7 Å². The number of fused-ring (bicyclic) bond motifs is 1. The van der Waals surface area contributed by atoms with Crippen LogP contribution < -0.4 is 15.2 Å². The molecule has 2 heterocycles. The smallest absolute Gasteiger partial charge is 0.180 e. The lowest BCUT2D eigenvalue weighted by Gasteiger charge is -2.31. The Morgan fingerprint density at radius 2 is 2.13 bits per heavy atom. The van der Waals surface area contributed by atoms with Crippen molar-refractivity contribution in [3.63, 3.8) is 0 Å². The predicted octanol–water partition coefficient (Wildman–Crippen LogP) is 3.20. The van der Waals surface area contributed by atoms with E-state index in [2.05, 4.69) is 16.8 Å². The molecule has 23 heavy (non-hydrogen) atoms. The highest BCUT2D eigenvalue weighted by Crippen LogP contribution is 2.31. The van der Waals surface area contributed by atoms with Gasteiger partial charge in [0.15, 0.2) is 16.6 Å². The van der Waals surface area contributed by atoms with Gasteiger partial charge in [0.05, 0.1) is 0 Å². The van der Waals surface area contributed by atoms with Crippen molar-refractivity contribution in [1.82, 2.24) is 9.88 Å². The second-order valence-corrected chi connectivity index (χ2v) is 6.54. The van der Waals surface area contributed by atoms with E-state index in [1.165, 1.54) is 4.88 Å². The van der Waals surface area contributed by atoms with Crippen molar-refractivity contribution in [2.75, 3.05) is 25.4 Å². The van der Waals surface area contributed by atoms with Crippen LogP contribution in [-0.2, 0) is 6.54 Å². The van der Waals surface area contributed by atoms with E-state index < -0.39 is 0 Å². The van der Waals surface area contributed by atoms with Crippen LogP contribution in [0.15, 0.2) is 30.5 Å². The number of halogens is 1. The average molecular weight is 356 g/mol. The molecule has 1 aromatic carbocycles. The van der Waals surface area contributed by atoms with Crippen molar-refractivity contribution in [2.45, 2.75) is 26.0 Å². The third-order valence-electron chi connectivity index (χ3n) is 3.52. The van der Waals surface area contributed by atoms with Crippen molar-refractivity contribution >= 4 is 28.9 Å². The van der Waals surface area contributed by atoms with Crippen LogP contribution in [0.1, 0.15) is 18.2 Å². The topological polar surface area (TPSA) is 60.6 Å². The maximum absolute atomic E-state index is 6.05. The van der Waals surface area contributed by atoms with Gasteiger partial charge in [-0.2, -0.15) is 0 Å². The molecule has 1 aromatic heterocycles. The van der Waals surface area contributed by atoms with E-state index in [0.29, 0.717) is 11.7 Å². The van der Waals surface area contributed by atoms with Gasteiger partial charge in [0.25, 0.3) is 0 Å². The van der Waals surface area contributed by atoms with Gasteiger partial charge in [0, 0.05) is 24.2 Å². The van der Waals surface area contributed by atoms with Crippen LogP contribution in [0, 0.1) is 0 Å². The number of para-hydroxylation sites is 2. The normalized spacial score (nSPS) is 16.2. The summed E-state index contributed by atoms with van der Waals surface area (Å²) in [7, 11) is 0. The van der Waals surface area contributed by atoms with E-state index in [1.54, 1.807) is 11.3 Å². The number of anilines is 1. The Hall–Kier alpha value is -1.50. The molecule has 2 N–H and O–H groups in total. The molecule has 0 saturated carbocycles. The lowest BCUT2D eigenvalue weighted by Crippen LogP contribution is -2.41. The van der Waals surface area contributed by atoms with E-state index in [9.17, 15) is 0 Å². The Morgan fingerprint density at radius 1 is 1.35 bits per heavy atom. The first-order valence-electron chi connectivity index (χ1n) is 7.55. The Labute approximate surface area is 146 Å². The number of thiazole rings is 1. The zero-order valence-electron chi connectivity index (χ0n) is 13.1. The summed E-state index contributed by atoms with van der Waals surface area (Å²) in [6, 6.07) is 7.82. The second-order valence-electron chi connectivity index (χ2n) is 5.40. The maximum Gasteiger partial charge on any atom is 0.180 e. The van der Waals surface area contributed by atoms with Crippen molar-refractivity contribution in [1.29, 1.82) is 0 Å². The molecule has 0 spiro atoms. The van der Waals surface area contributed by atoms with Crippen LogP contribution in [0.25, 0.3) is 0 Å². The summed E-state index contributed by atoms with van der Waals surface area (Å²) in [5.41, 5.74) is 5.71. The number of ether oxygens (including phenoxy) is 2. The summed E-state index contributed by atoms with van der Waals surface area (Å²) in [6.07, 6.45) is 3.00. The minimum absolute atomic E-state index is 0. The molecule has 7 heteroatoms. The standard InChI is InChI=1S/C16H21N3O2S.ClH/c1-2-7-19(10-13-8-18-16(17)22-13)9-12-11-20-14-5-3-4-6-15(14)21-12;/h3-6,8,12H,2,7,9-11H2,1H3,(H2,17,18);1H. The number of nitrogens with two attached hydrogens (primary N) is 1. The lowest BCUT2D eigenvalue weighted by molar-refractivity contribution is 0.0567. The summed E-state index contributed by atoms with van der Waals surface area (Å²) in [6.45, 7) is 5.47. The molecule has 126 valence electrons. The quantitative estimate of drug-likeness (QED) is 0.862. The van der Waals surface area contributed by atoms with Crippen LogP contribution >= 0.6 is 23.7 Å². The molecule has 0 aliphatic carbocycles. The zero-order chi connectivity index (χ0) is 15.4. The molecule has 2 aromatic rings. The molecule has 5 nitrogen and oxygen atoms in total. The molecule has 0 amide bonds. The van der Waals surface area contributed by atoms with Gasteiger partial charge in [0.2, 0.25) is 0 Å². The van der Waals surface area contributed by atoms with Crippen LogP contribution in [0.5, 0.6) is 11.5 Å². The van der Waals surface area contributed by atoms with Crippen molar-refractivity contribution < 1.29 is 9.47 Å². The molecule has 1 atom stereocenters. The van der Waals surface area contributed by atoms with Crippen molar-refractivity contribution in [3.05, 3.63) is 35.3 Å². The number of nitrogens with zero attached hydrogens (tertiary/aromatic N) is 2. The fourth-order valence-electron chi connectivity index (χ4n) is 2.61. The zero-order valence-corrected chi connectivity index (χ0v) is 14.7. The van der Waals surface area contributed by atoms with Gasteiger partial charge < -0.3 is 15.2 Å². The molecular formula is C16H22ClN3O2S. The Balaban J connectivity index is 0.00000192. The average Bonchev–Trinajstić information content (AvgIpc) is 2.92. The van der Waals surface area contributed by atoms with Gasteiger partial charge in [-0.25, -0.2) is 4.98 Å². The second kappa shape index (κ2) is 8.38. The predicted molar refractivity (Wildman–Crippen MR) is 95.7 cm³/mol. The molecule has 0 fully saturated rings. The fourth-order valence-corrected chi connectivity index (χ4v) is 3.33. The number of hydrogen-bond donors (Lipinski definition) is 1. The first-order chi connectivity index (χ1) is 10.7. The minimum atomic E-state index is 0. The fraction of sp³-hybridized carbons (Fsp3) is 0.438. The Morgan fingerprint density at radius 3 is 2.83 bits per heavy atom. The molecule has 3 rings (SSSR count). The maximum atomic E-state index is 6.05. The Bertz CT molecular complexity index is 623. The van der Waals surface area contributed by atoms with Crippen LogP contribution in [0.3, 0.4) is 0 Å². The minimum Gasteiger partial charge on any atom is -0.486 e. The number of benzene rings is 1. The van der Waals surface area contributed by atoms with Gasteiger partial charge >= 0.3 is 0 Å². The van der Waals surface area contributed by atoms with Gasteiger partial charge in [-0.05, 0) is 25.1 Å². The van der Waals surface area contributed by atoms with Crippen molar-refractivity contribution in [3.8, 4) is 11.5 Å². The molecule has 0 radical (unpaired) electrons. The number of aromatic nitrogens is 1.